The molecule has 1 unspecified atom stereocenters. The van der Waals surface area contributed by atoms with Gasteiger partial charge >= 0.3 is 0 Å². The van der Waals surface area contributed by atoms with Gasteiger partial charge in [-0.05, 0) is 17.7 Å². The molecule has 25 heavy (non-hydrogen) atoms. The second-order valence-corrected chi connectivity index (χ2v) is 8.30. The summed E-state index contributed by atoms with van der Waals surface area (Å²) in [5, 5.41) is 10.1. The average molecular weight is 372 g/mol. The predicted octanol–water partition coefficient (Wildman–Crippen LogP) is -0.130. The average Bonchev–Trinajstić information content (AvgIpc) is 3.02. The standard InChI is InChI=1S/C16H24N2O6S/c1-25(20,21)18-6-4-17(5-7-18)9-14(19)11-22-10-13-2-3-15-16(8-13)24-12-23-15/h2-3,8,14,19H,4-7,9-12H2,1H3. The summed E-state index contributed by atoms with van der Waals surface area (Å²) in [4.78, 5) is 2.05. The lowest BCUT2D eigenvalue weighted by Gasteiger charge is -2.34. The lowest BCUT2D eigenvalue weighted by molar-refractivity contribution is 0.00539. The molecule has 1 saturated heterocycles. The van der Waals surface area contributed by atoms with E-state index in [0.717, 1.165) is 11.3 Å². The molecule has 2 heterocycles. The quantitative estimate of drug-likeness (QED) is 0.713. The molecule has 0 radical (unpaired) electrons. The summed E-state index contributed by atoms with van der Waals surface area (Å²) in [6.07, 6.45) is 0.611. The molecule has 9 heteroatoms. The number of piperazine rings is 1. The van der Waals surface area contributed by atoms with Gasteiger partial charge in [0.15, 0.2) is 11.5 Å². The molecule has 8 nitrogen and oxygen atoms in total. The highest BCUT2D eigenvalue weighted by Gasteiger charge is 2.24. The molecule has 2 aliphatic rings. The van der Waals surface area contributed by atoms with E-state index in [1.807, 2.05) is 18.2 Å². The van der Waals surface area contributed by atoms with Crippen LogP contribution in [0.1, 0.15) is 5.56 Å². The van der Waals surface area contributed by atoms with Crippen molar-refractivity contribution in [1.82, 2.24) is 9.21 Å². The number of fused-ring (bicyclic) bond motifs is 1. The number of rotatable bonds is 7. The number of hydrogen-bond acceptors (Lipinski definition) is 7. The highest BCUT2D eigenvalue weighted by atomic mass is 32.2. The van der Waals surface area contributed by atoms with E-state index in [9.17, 15) is 13.5 Å². The molecule has 1 aromatic rings. The Morgan fingerprint density at radius 3 is 2.64 bits per heavy atom. The van der Waals surface area contributed by atoms with Crippen LogP contribution in [0, 0.1) is 0 Å². The molecule has 0 aliphatic carbocycles. The first-order chi connectivity index (χ1) is 11.9. The first-order valence-corrected chi connectivity index (χ1v) is 10.1. The number of benzene rings is 1. The van der Waals surface area contributed by atoms with Crippen LogP contribution in [-0.4, -0.2) is 81.2 Å². The largest absolute Gasteiger partial charge is 0.454 e. The highest BCUT2D eigenvalue weighted by Crippen LogP contribution is 2.32. The first kappa shape index (κ1) is 18.4. The minimum absolute atomic E-state index is 0.223. The van der Waals surface area contributed by atoms with Crippen LogP contribution in [0.2, 0.25) is 0 Å². The zero-order chi connectivity index (χ0) is 17.9. The van der Waals surface area contributed by atoms with Crippen LogP contribution in [0.15, 0.2) is 18.2 Å². The number of β-amino-alcohol motifs (C(OH)–C–C–N with tert-alkyl or cyclic N) is 1. The molecule has 1 N–H and O–H groups in total. The van der Waals surface area contributed by atoms with Crippen molar-refractivity contribution in [3.05, 3.63) is 23.8 Å². The Morgan fingerprint density at radius 1 is 1.20 bits per heavy atom. The molecule has 2 aliphatic heterocycles. The lowest BCUT2D eigenvalue weighted by Crippen LogP contribution is -2.50. The van der Waals surface area contributed by atoms with E-state index in [-0.39, 0.29) is 13.4 Å². The number of hydrogen-bond donors (Lipinski definition) is 1. The van der Waals surface area contributed by atoms with Gasteiger partial charge in [0.25, 0.3) is 0 Å². The van der Waals surface area contributed by atoms with Crippen molar-refractivity contribution in [2.45, 2.75) is 12.7 Å². The zero-order valence-corrected chi connectivity index (χ0v) is 15.1. The van der Waals surface area contributed by atoms with Crippen molar-refractivity contribution in [2.24, 2.45) is 0 Å². The molecule has 1 aromatic carbocycles. The molecule has 0 saturated carbocycles. The Labute approximate surface area is 147 Å². The Balaban J connectivity index is 1.37. The number of aliphatic hydroxyl groups excluding tert-OH is 1. The third-order valence-corrected chi connectivity index (χ3v) is 5.59. The van der Waals surface area contributed by atoms with E-state index in [4.69, 9.17) is 14.2 Å². The van der Waals surface area contributed by atoms with Gasteiger partial charge in [0.2, 0.25) is 16.8 Å². The summed E-state index contributed by atoms with van der Waals surface area (Å²) in [6.45, 7) is 3.48. The fourth-order valence-electron chi connectivity index (χ4n) is 2.94. The summed E-state index contributed by atoms with van der Waals surface area (Å²) >= 11 is 0. The van der Waals surface area contributed by atoms with Crippen molar-refractivity contribution in [1.29, 1.82) is 0 Å². The van der Waals surface area contributed by atoms with Crippen molar-refractivity contribution in [3.63, 3.8) is 0 Å². The van der Waals surface area contributed by atoms with Gasteiger partial charge in [-0.3, -0.25) is 4.90 Å². The topological polar surface area (TPSA) is 88.5 Å². The normalized spacial score (nSPS) is 19.9. The molecular weight excluding hydrogens is 348 g/mol. The maximum atomic E-state index is 11.5. The molecule has 1 fully saturated rings. The molecule has 140 valence electrons. The van der Waals surface area contributed by atoms with Gasteiger partial charge in [-0.25, -0.2) is 8.42 Å². The van der Waals surface area contributed by atoms with Crippen LogP contribution in [0.4, 0.5) is 0 Å². The minimum atomic E-state index is -3.13. The maximum Gasteiger partial charge on any atom is 0.231 e. The van der Waals surface area contributed by atoms with Crippen LogP contribution in [0.3, 0.4) is 0 Å². The third-order valence-electron chi connectivity index (χ3n) is 4.29. The van der Waals surface area contributed by atoms with Gasteiger partial charge in [-0.15, -0.1) is 0 Å². The Kier molecular flexibility index (Phi) is 5.80. The van der Waals surface area contributed by atoms with Gasteiger partial charge in [-0.2, -0.15) is 4.31 Å². The summed E-state index contributed by atoms with van der Waals surface area (Å²) in [5.41, 5.74) is 0.957. The van der Waals surface area contributed by atoms with Gasteiger partial charge in [0.1, 0.15) is 0 Å². The lowest BCUT2D eigenvalue weighted by atomic mass is 10.2. The van der Waals surface area contributed by atoms with Crippen molar-refractivity contribution in [2.75, 3.05) is 52.4 Å². The van der Waals surface area contributed by atoms with Gasteiger partial charge in [-0.1, -0.05) is 6.07 Å². The van der Waals surface area contributed by atoms with Crippen LogP contribution in [0.25, 0.3) is 0 Å². The molecule has 1 atom stereocenters. The summed E-state index contributed by atoms with van der Waals surface area (Å²) in [6, 6.07) is 5.63. The van der Waals surface area contributed by atoms with Crippen molar-refractivity contribution < 1.29 is 27.7 Å². The zero-order valence-electron chi connectivity index (χ0n) is 14.3. The van der Waals surface area contributed by atoms with E-state index < -0.39 is 16.1 Å². The Morgan fingerprint density at radius 2 is 1.92 bits per heavy atom. The molecular formula is C16H24N2O6S. The second kappa shape index (κ2) is 7.88. The fourth-order valence-corrected chi connectivity index (χ4v) is 3.76. The molecule has 3 rings (SSSR count). The molecule has 0 spiro atoms. The molecule has 0 bridgehead atoms. The molecule has 0 amide bonds. The first-order valence-electron chi connectivity index (χ1n) is 8.23. The van der Waals surface area contributed by atoms with Gasteiger partial charge in [0, 0.05) is 32.7 Å². The van der Waals surface area contributed by atoms with Gasteiger partial charge < -0.3 is 19.3 Å². The summed E-state index contributed by atoms with van der Waals surface area (Å²) in [5.74, 6) is 1.45. The van der Waals surface area contributed by atoms with E-state index in [2.05, 4.69) is 4.90 Å². The summed E-state index contributed by atoms with van der Waals surface area (Å²) < 4.78 is 40.6. The second-order valence-electron chi connectivity index (χ2n) is 6.32. The predicted molar refractivity (Wildman–Crippen MR) is 91.1 cm³/mol. The number of nitrogens with zero attached hydrogens (tertiary/aromatic N) is 2. The number of sulfonamides is 1. The molecule has 0 aromatic heterocycles. The maximum absolute atomic E-state index is 11.5. The van der Waals surface area contributed by atoms with E-state index >= 15 is 0 Å². The number of aliphatic hydroxyl groups is 1. The Bertz CT molecular complexity index is 688. The Hall–Kier alpha value is -1.39. The van der Waals surface area contributed by atoms with Gasteiger partial charge in [0.05, 0.1) is 25.6 Å². The monoisotopic (exact) mass is 372 g/mol. The van der Waals surface area contributed by atoms with Crippen LogP contribution < -0.4 is 9.47 Å². The SMILES string of the molecule is CS(=O)(=O)N1CCN(CC(O)COCc2ccc3c(c2)OCO3)CC1. The third kappa shape index (κ3) is 5.05. The van der Waals surface area contributed by atoms with Crippen LogP contribution in [0.5, 0.6) is 11.5 Å². The van der Waals surface area contributed by atoms with E-state index in [1.165, 1.54) is 10.6 Å². The summed E-state index contributed by atoms with van der Waals surface area (Å²) in [7, 11) is -3.13. The number of ether oxygens (including phenoxy) is 3. The fraction of sp³-hybridized carbons (Fsp3) is 0.625. The van der Waals surface area contributed by atoms with E-state index in [0.29, 0.717) is 45.1 Å². The van der Waals surface area contributed by atoms with E-state index in [1.54, 1.807) is 0 Å². The van der Waals surface area contributed by atoms with Crippen molar-refractivity contribution >= 4 is 10.0 Å². The van der Waals surface area contributed by atoms with Crippen LogP contribution in [-0.2, 0) is 21.4 Å². The minimum Gasteiger partial charge on any atom is -0.454 e. The smallest absolute Gasteiger partial charge is 0.231 e. The van der Waals surface area contributed by atoms with Crippen LogP contribution >= 0.6 is 0 Å². The van der Waals surface area contributed by atoms with Crippen molar-refractivity contribution in [3.8, 4) is 11.5 Å². The highest BCUT2D eigenvalue weighted by molar-refractivity contribution is 7.88.